The predicted octanol–water partition coefficient (Wildman–Crippen LogP) is 4.24. The first-order chi connectivity index (χ1) is 9.59. The van der Waals surface area contributed by atoms with Crippen LogP contribution < -0.4 is 0 Å². The predicted molar refractivity (Wildman–Crippen MR) is 76.2 cm³/mol. The Hall–Kier alpha value is -0.530. The van der Waals surface area contributed by atoms with E-state index < -0.39 is 5.97 Å². The van der Waals surface area contributed by atoms with Crippen LogP contribution in [0.3, 0.4) is 0 Å². The zero-order chi connectivity index (χ0) is 13.6. The molecule has 6 aliphatic rings. The number of carboxylic acids is 1. The summed E-state index contributed by atoms with van der Waals surface area (Å²) in [5, 5.41) is 10.2. The fourth-order valence-corrected chi connectivity index (χ4v) is 8.03. The van der Waals surface area contributed by atoms with E-state index in [4.69, 9.17) is 0 Å². The van der Waals surface area contributed by atoms with Crippen LogP contribution in [0.4, 0.5) is 0 Å². The molecule has 0 radical (unpaired) electrons. The average Bonchev–Trinajstić information content (AvgIpc) is 2.80. The fourth-order valence-electron chi connectivity index (χ4n) is 8.03. The third-order valence-electron chi connectivity index (χ3n) is 8.25. The van der Waals surface area contributed by atoms with E-state index in [1.807, 2.05) is 0 Å². The van der Waals surface area contributed by atoms with E-state index in [9.17, 15) is 9.90 Å². The Morgan fingerprint density at radius 2 is 1.35 bits per heavy atom. The van der Waals surface area contributed by atoms with Gasteiger partial charge in [-0.2, -0.15) is 0 Å². The molecule has 20 heavy (non-hydrogen) atoms. The third-order valence-corrected chi connectivity index (χ3v) is 8.25. The standard InChI is InChI=1S/C18H26O2/c19-15(20)18(11-16(18)3-1-2-4-16)17-8-12-5-13(9-17)7-14(6-12)10-17/h12-14H,1-11H2,(H,19,20). The Bertz CT molecular complexity index is 439. The van der Waals surface area contributed by atoms with E-state index in [0.29, 0.717) is 0 Å². The largest absolute Gasteiger partial charge is 0.481 e. The van der Waals surface area contributed by atoms with E-state index in [0.717, 1.165) is 24.2 Å². The van der Waals surface area contributed by atoms with Crippen LogP contribution in [0.1, 0.15) is 70.6 Å². The van der Waals surface area contributed by atoms with Crippen LogP contribution in [0.25, 0.3) is 0 Å². The molecule has 0 amide bonds. The highest BCUT2D eigenvalue weighted by molar-refractivity contribution is 5.82. The second-order valence-corrected chi connectivity index (χ2v) is 9.07. The Morgan fingerprint density at radius 3 is 1.80 bits per heavy atom. The molecule has 6 aliphatic carbocycles. The molecule has 2 nitrogen and oxygen atoms in total. The quantitative estimate of drug-likeness (QED) is 0.818. The maximum Gasteiger partial charge on any atom is 0.310 e. The van der Waals surface area contributed by atoms with Crippen molar-refractivity contribution in [2.75, 3.05) is 0 Å². The molecule has 6 rings (SSSR count). The average molecular weight is 274 g/mol. The summed E-state index contributed by atoms with van der Waals surface area (Å²) in [5.74, 6) is 2.20. The van der Waals surface area contributed by atoms with Crippen LogP contribution in [0, 0.1) is 34.0 Å². The van der Waals surface area contributed by atoms with E-state index in [-0.39, 0.29) is 16.2 Å². The summed E-state index contributed by atoms with van der Waals surface area (Å²) in [6.07, 6.45) is 14.0. The van der Waals surface area contributed by atoms with Crippen LogP contribution in [0.15, 0.2) is 0 Å². The van der Waals surface area contributed by atoms with E-state index in [2.05, 4.69) is 0 Å². The zero-order valence-corrected chi connectivity index (χ0v) is 12.4. The monoisotopic (exact) mass is 274 g/mol. The maximum atomic E-state index is 12.4. The molecular weight excluding hydrogens is 248 g/mol. The van der Waals surface area contributed by atoms with Gasteiger partial charge in [0.05, 0.1) is 5.41 Å². The van der Waals surface area contributed by atoms with Gasteiger partial charge in [0.1, 0.15) is 0 Å². The lowest BCUT2D eigenvalue weighted by molar-refractivity contribution is -0.167. The fraction of sp³-hybridized carbons (Fsp3) is 0.944. The minimum Gasteiger partial charge on any atom is -0.481 e. The summed E-state index contributed by atoms with van der Waals surface area (Å²) in [5.41, 5.74) is 0.134. The van der Waals surface area contributed by atoms with Gasteiger partial charge in [0.2, 0.25) is 0 Å². The van der Waals surface area contributed by atoms with Crippen molar-refractivity contribution in [2.24, 2.45) is 34.0 Å². The molecule has 0 saturated heterocycles. The molecular formula is C18H26O2. The molecule has 1 unspecified atom stereocenters. The SMILES string of the molecule is O=C(O)C1(C23CC4CC(CC(C4)C2)C3)CC12CCCC2. The molecule has 0 aromatic rings. The van der Waals surface area contributed by atoms with Crippen molar-refractivity contribution in [3.05, 3.63) is 0 Å². The van der Waals surface area contributed by atoms with Crippen molar-refractivity contribution in [2.45, 2.75) is 70.6 Å². The van der Waals surface area contributed by atoms with Crippen molar-refractivity contribution >= 4 is 5.97 Å². The number of hydrogen-bond acceptors (Lipinski definition) is 1. The van der Waals surface area contributed by atoms with Gasteiger partial charge in [-0.3, -0.25) is 4.79 Å². The first-order valence-electron chi connectivity index (χ1n) is 8.83. The summed E-state index contributed by atoms with van der Waals surface area (Å²) in [6, 6.07) is 0. The molecule has 6 saturated carbocycles. The molecule has 4 bridgehead atoms. The minimum atomic E-state index is -0.415. The highest BCUT2D eigenvalue weighted by Crippen LogP contribution is 2.83. The number of carbonyl (C=O) groups is 1. The van der Waals surface area contributed by atoms with E-state index in [1.54, 1.807) is 0 Å². The number of rotatable bonds is 2. The molecule has 2 heteroatoms. The molecule has 1 atom stereocenters. The van der Waals surface area contributed by atoms with Gasteiger partial charge in [0.15, 0.2) is 0 Å². The number of hydrogen-bond donors (Lipinski definition) is 1. The molecule has 0 aromatic heterocycles. The highest BCUT2D eigenvalue weighted by Gasteiger charge is 2.81. The first-order valence-corrected chi connectivity index (χ1v) is 8.83. The Morgan fingerprint density at radius 1 is 0.850 bits per heavy atom. The highest BCUT2D eigenvalue weighted by atomic mass is 16.4. The van der Waals surface area contributed by atoms with Crippen molar-refractivity contribution in [1.82, 2.24) is 0 Å². The van der Waals surface area contributed by atoms with Crippen molar-refractivity contribution in [3.8, 4) is 0 Å². The maximum absolute atomic E-state index is 12.4. The van der Waals surface area contributed by atoms with Gasteiger partial charge in [-0.1, -0.05) is 12.8 Å². The van der Waals surface area contributed by atoms with Gasteiger partial charge in [-0.05, 0) is 86.4 Å². The van der Waals surface area contributed by atoms with Crippen LogP contribution in [-0.2, 0) is 4.79 Å². The van der Waals surface area contributed by atoms with Crippen molar-refractivity contribution in [3.63, 3.8) is 0 Å². The van der Waals surface area contributed by atoms with Gasteiger partial charge in [0, 0.05) is 0 Å². The van der Waals surface area contributed by atoms with Crippen LogP contribution in [0.5, 0.6) is 0 Å². The first kappa shape index (κ1) is 12.1. The molecule has 110 valence electrons. The summed E-state index contributed by atoms with van der Waals surface area (Å²) in [4.78, 5) is 12.4. The number of aliphatic carboxylic acids is 1. The zero-order valence-electron chi connectivity index (χ0n) is 12.4. The Labute approximate surface area is 121 Å². The van der Waals surface area contributed by atoms with Gasteiger partial charge >= 0.3 is 5.97 Å². The lowest BCUT2D eigenvalue weighted by atomic mass is 9.44. The molecule has 0 aromatic carbocycles. The summed E-state index contributed by atoms with van der Waals surface area (Å²) < 4.78 is 0. The third kappa shape index (κ3) is 1.18. The van der Waals surface area contributed by atoms with Crippen LogP contribution in [0.2, 0.25) is 0 Å². The van der Waals surface area contributed by atoms with E-state index in [1.165, 1.54) is 64.2 Å². The van der Waals surface area contributed by atoms with Gasteiger partial charge in [-0.15, -0.1) is 0 Å². The van der Waals surface area contributed by atoms with Gasteiger partial charge < -0.3 is 5.11 Å². The lowest BCUT2D eigenvalue weighted by Crippen LogP contribution is -2.54. The Balaban J connectivity index is 1.59. The summed E-state index contributed by atoms with van der Waals surface area (Å²) in [7, 11) is 0. The van der Waals surface area contributed by atoms with Crippen molar-refractivity contribution in [1.29, 1.82) is 0 Å². The molecule has 1 spiro atoms. The van der Waals surface area contributed by atoms with Gasteiger partial charge in [0.25, 0.3) is 0 Å². The van der Waals surface area contributed by atoms with Crippen LogP contribution in [-0.4, -0.2) is 11.1 Å². The van der Waals surface area contributed by atoms with Crippen molar-refractivity contribution < 1.29 is 9.90 Å². The molecule has 0 aliphatic heterocycles. The normalized spacial score (nSPS) is 54.5. The topological polar surface area (TPSA) is 37.3 Å². The summed E-state index contributed by atoms with van der Waals surface area (Å²) in [6.45, 7) is 0. The number of carboxylic acid groups (broad SMARTS) is 1. The summed E-state index contributed by atoms with van der Waals surface area (Å²) >= 11 is 0. The second kappa shape index (κ2) is 3.44. The lowest BCUT2D eigenvalue weighted by Gasteiger charge is -2.60. The Kier molecular flexibility index (Phi) is 2.08. The van der Waals surface area contributed by atoms with Gasteiger partial charge in [-0.25, -0.2) is 0 Å². The van der Waals surface area contributed by atoms with Crippen LogP contribution >= 0.6 is 0 Å². The van der Waals surface area contributed by atoms with E-state index >= 15 is 0 Å². The smallest absolute Gasteiger partial charge is 0.310 e. The molecule has 6 fully saturated rings. The minimum absolute atomic E-state index is 0.206. The molecule has 1 N–H and O–H groups in total. The second-order valence-electron chi connectivity index (χ2n) is 9.07. The molecule has 0 heterocycles.